The Morgan fingerprint density at radius 1 is 1.19 bits per heavy atom. The number of nitrogens with zero attached hydrogens (tertiary/aromatic N) is 2. The summed E-state index contributed by atoms with van der Waals surface area (Å²) in [6.07, 6.45) is 3.25. The number of amides is 2. The van der Waals surface area contributed by atoms with Gasteiger partial charge in [0.25, 0.3) is 11.8 Å². The smallest absolute Gasteiger partial charge is 0.308 e. The summed E-state index contributed by atoms with van der Waals surface area (Å²) in [5.74, 6) is -0.359. The molecule has 3 aliphatic heterocycles. The lowest BCUT2D eigenvalue weighted by molar-refractivity contribution is -0.194. The molecule has 1 saturated heterocycles. The fraction of sp³-hybridized carbons (Fsp3) is 0.414. The molecule has 0 unspecified atom stereocenters. The van der Waals surface area contributed by atoms with Gasteiger partial charge in [-0.15, -0.1) is 6.58 Å². The van der Waals surface area contributed by atoms with E-state index in [9.17, 15) is 19.5 Å². The molecule has 8 heteroatoms. The van der Waals surface area contributed by atoms with E-state index in [0.717, 1.165) is 11.1 Å². The van der Waals surface area contributed by atoms with Gasteiger partial charge in [0, 0.05) is 25.1 Å². The maximum absolute atomic E-state index is 13.5. The van der Waals surface area contributed by atoms with Gasteiger partial charge in [-0.05, 0) is 56.0 Å². The molecule has 3 heterocycles. The van der Waals surface area contributed by atoms with Crippen LogP contribution < -0.4 is 9.47 Å². The number of fused-ring (bicyclic) bond motifs is 1. The highest BCUT2D eigenvalue weighted by atomic mass is 16.6. The molecule has 0 radical (unpaired) electrons. The van der Waals surface area contributed by atoms with Crippen molar-refractivity contribution in [1.29, 1.82) is 0 Å². The third-order valence-electron chi connectivity index (χ3n) is 9.30. The molecule has 2 bridgehead atoms. The van der Waals surface area contributed by atoms with E-state index in [1.54, 1.807) is 30.3 Å². The summed E-state index contributed by atoms with van der Waals surface area (Å²) in [6, 6.07) is 9.85. The van der Waals surface area contributed by atoms with Crippen molar-refractivity contribution in [1.82, 2.24) is 9.80 Å². The Balaban J connectivity index is 1.41. The van der Waals surface area contributed by atoms with Crippen molar-refractivity contribution in [2.75, 3.05) is 13.1 Å². The minimum Gasteiger partial charge on any atom is -0.483 e. The Morgan fingerprint density at radius 2 is 1.92 bits per heavy atom. The zero-order valence-electron chi connectivity index (χ0n) is 20.6. The molecule has 2 amide bonds. The van der Waals surface area contributed by atoms with Crippen LogP contribution in [0.1, 0.15) is 58.0 Å². The van der Waals surface area contributed by atoms with Crippen LogP contribution in [0.4, 0.5) is 0 Å². The van der Waals surface area contributed by atoms with Crippen molar-refractivity contribution in [3.63, 3.8) is 0 Å². The first-order valence-electron chi connectivity index (χ1n) is 12.9. The fourth-order valence-corrected chi connectivity index (χ4v) is 7.99. The Bertz CT molecular complexity index is 1370. The summed E-state index contributed by atoms with van der Waals surface area (Å²) >= 11 is 0. The normalized spacial score (nSPS) is 33.0. The molecule has 8 nitrogen and oxygen atoms in total. The number of carbonyl (C=O) groups excluding carboxylic acids is 3. The lowest BCUT2D eigenvalue weighted by atomic mass is 9.48. The number of benzene rings is 2. The van der Waals surface area contributed by atoms with Gasteiger partial charge in [-0.1, -0.05) is 24.3 Å². The highest BCUT2D eigenvalue weighted by molar-refractivity contribution is 6.21. The van der Waals surface area contributed by atoms with E-state index in [0.29, 0.717) is 61.4 Å². The minimum absolute atomic E-state index is 0.161. The van der Waals surface area contributed by atoms with Crippen LogP contribution >= 0.6 is 0 Å². The number of esters is 1. The number of likely N-dealkylation sites (tertiary alicyclic amines) is 1. The van der Waals surface area contributed by atoms with Crippen molar-refractivity contribution in [2.24, 2.45) is 0 Å². The average molecular weight is 501 g/mol. The lowest BCUT2D eigenvalue weighted by Gasteiger charge is -2.64. The van der Waals surface area contributed by atoms with Gasteiger partial charge in [0.2, 0.25) is 0 Å². The van der Waals surface area contributed by atoms with Crippen molar-refractivity contribution in [3.8, 4) is 11.5 Å². The Hall–Kier alpha value is -3.49. The standard InChI is InChI=1S/C29H28N2O6/c1-3-13-30-14-12-28-23-17-8-9-21(36-16(2)32)24(23)37-25(28)20(10-11-29(28,35)22(30)15-17)31-26(33)18-6-4-5-7-19(18)27(31)34/h3-9,20,22,25,35H,1,10-15H2,2H3/t20-,22-,25+,28+,29-/m1/s1. The number of piperidine rings is 1. The first kappa shape index (κ1) is 22.7. The first-order chi connectivity index (χ1) is 17.8. The summed E-state index contributed by atoms with van der Waals surface area (Å²) < 4.78 is 12.2. The predicted molar refractivity (Wildman–Crippen MR) is 133 cm³/mol. The molecular formula is C29H28N2O6. The van der Waals surface area contributed by atoms with E-state index >= 15 is 0 Å². The average Bonchev–Trinajstić information content (AvgIpc) is 3.35. The zero-order chi connectivity index (χ0) is 25.7. The number of carbonyl (C=O) groups is 3. The van der Waals surface area contributed by atoms with Gasteiger partial charge < -0.3 is 14.6 Å². The molecule has 2 aromatic carbocycles. The number of aliphatic hydroxyl groups is 1. The van der Waals surface area contributed by atoms with Gasteiger partial charge in [-0.2, -0.15) is 0 Å². The van der Waals surface area contributed by atoms with Gasteiger partial charge in [-0.3, -0.25) is 24.2 Å². The maximum Gasteiger partial charge on any atom is 0.308 e. The number of hydrogen-bond donors (Lipinski definition) is 1. The number of ether oxygens (including phenoxy) is 2. The van der Waals surface area contributed by atoms with Crippen LogP contribution in [-0.4, -0.2) is 69.6 Å². The number of rotatable bonds is 4. The molecule has 2 aliphatic carbocycles. The third kappa shape index (κ3) is 2.67. The van der Waals surface area contributed by atoms with E-state index in [2.05, 4.69) is 11.5 Å². The Labute approximate surface area is 214 Å². The molecule has 7 rings (SSSR count). The maximum atomic E-state index is 13.5. The molecule has 0 aromatic heterocycles. The second kappa shape index (κ2) is 7.52. The van der Waals surface area contributed by atoms with Crippen LogP contribution in [0.25, 0.3) is 0 Å². The first-order valence-corrected chi connectivity index (χ1v) is 12.9. The summed E-state index contributed by atoms with van der Waals surface area (Å²) in [5, 5.41) is 12.6. The molecule has 5 aliphatic rings. The molecule has 1 spiro atoms. The molecule has 2 aromatic rings. The van der Waals surface area contributed by atoms with Gasteiger partial charge in [-0.25, -0.2) is 0 Å². The summed E-state index contributed by atoms with van der Waals surface area (Å²) in [5.41, 5.74) is 0.720. The highest BCUT2D eigenvalue weighted by Crippen LogP contribution is 2.66. The summed E-state index contributed by atoms with van der Waals surface area (Å²) in [4.78, 5) is 42.6. The molecule has 1 saturated carbocycles. The fourth-order valence-electron chi connectivity index (χ4n) is 7.99. The third-order valence-corrected chi connectivity index (χ3v) is 9.30. The van der Waals surface area contributed by atoms with Crippen LogP contribution in [0.3, 0.4) is 0 Å². The van der Waals surface area contributed by atoms with Crippen LogP contribution in [-0.2, 0) is 16.6 Å². The van der Waals surface area contributed by atoms with E-state index < -0.39 is 29.1 Å². The Kier molecular flexibility index (Phi) is 4.61. The summed E-state index contributed by atoms with van der Waals surface area (Å²) in [6.45, 7) is 6.63. The van der Waals surface area contributed by atoms with E-state index in [1.165, 1.54) is 11.8 Å². The number of imide groups is 1. The van der Waals surface area contributed by atoms with Gasteiger partial charge in [0.1, 0.15) is 6.10 Å². The molecule has 37 heavy (non-hydrogen) atoms. The van der Waals surface area contributed by atoms with Crippen molar-refractivity contribution in [3.05, 3.63) is 71.3 Å². The van der Waals surface area contributed by atoms with Crippen molar-refractivity contribution >= 4 is 17.8 Å². The van der Waals surface area contributed by atoms with Crippen LogP contribution in [0.5, 0.6) is 11.5 Å². The predicted octanol–water partition coefficient (Wildman–Crippen LogP) is 2.62. The topological polar surface area (TPSA) is 96.4 Å². The largest absolute Gasteiger partial charge is 0.483 e. The zero-order valence-corrected chi connectivity index (χ0v) is 20.6. The minimum atomic E-state index is -1.14. The van der Waals surface area contributed by atoms with Gasteiger partial charge in [0.15, 0.2) is 11.5 Å². The quantitative estimate of drug-likeness (QED) is 0.298. The van der Waals surface area contributed by atoms with E-state index in [1.807, 2.05) is 12.1 Å². The molecule has 190 valence electrons. The highest BCUT2D eigenvalue weighted by Gasteiger charge is 2.74. The van der Waals surface area contributed by atoms with Gasteiger partial charge >= 0.3 is 5.97 Å². The van der Waals surface area contributed by atoms with E-state index in [-0.39, 0.29) is 17.9 Å². The van der Waals surface area contributed by atoms with Gasteiger partial charge in [0.05, 0.1) is 28.2 Å². The molecule has 2 fully saturated rings. The monoisotopic (exact) mass is 500 g/mol. The second-order valence-electron chi connectivity index (χ2n) is 10.8. The molecule has 5 atom stereocenters. The molecular weight excluding hydrogens is 472 g/mol. The Morgan fingerprint density at radius 3 is 2.59 bits per heavy atom. The number of hydrogen-bond acceptors (Lipinski definition) is 7. The van der Waals surface area contributed by atoms with E-state index in [4.69, 9.17) is 9.47 Å². The van der Waals surface area contributed by atoms with Crippen molar-refractivity contribution < 1.29 is 29.0 Å². The summed E-state index contributed by atoms with van der Waals surface area (Å²) in [7, 11) is 0. The lowest BCUT2D eigenvalue weighted by Crippen LogP contribution is -2.78. The van der Waals surface area contributed by atoms with Crippen LogP contribution in [0.15, 0.2) is 49.1 Å². The van der Waals surface area contributed by atoms with Crippen LogP contribution in [0, 0.1) is 0 Å². The SMILES string of the molecule is C=CCN1CC[C@]23c4c5ccc(OC(C)=O)c4O[C@H]2[C@H](N2C(=O)c4ccccc4C2=O)CC[C@@]3(O)[C@H]1C5. The van der Waals surface area contributed by atoms with Crippen molar-refractivity contribution in [2.45, 2.75) is 61.8 Å². The second-order valence-corrected chi connectivity index (χ2v) is 10.8. The van der Waals surface area contributed by atoms with Crippen LogP contribution in [0.2, 0.25) is 0 Å². The molecule has 1 N–H and O–H groups in total.